The first kappa shape index (κ1) is 15.1. The lowest BCUT2D eigenvalue weighted by molar-refractivity contribution is 0.246. The van der Waals surface area contributed by atoms with Crippen LogP contribution in [0.3, 0.4) is 0 Å². The molecule has 2 rings (SSSR count). The number of amides is 2. The minimum Gasteiger partial charge on any atom is -0.335 e. The molecule has 0 aliphatic heterocycles. The lowest BCUT2D eigenvalue weighted by Gasteiger charge is -2.17. The van der Waals surface area contributed by atoms with E-state index in [-0.39, 0.29) is 12.1 Å². The molecule has 112 valence electrons. The van der Waals surface area contributed by atoms with Gasteiger partial charge in [0, 0.05) is 24.1 Å². The van der Waals surface area contributed by atoms with E-state index in [9.17, 15) is 4.79 Å². The van der Waals surface area contributed by atoms with E-state index in [1.807, 2.05) is 48.1 Å². The zero-order valence-corrected chi connectivity index (χ0v) is 12.7. The molecule has 0 fully saturated rings. The number of hydrogen-bond donors (Lipinski definition) is 2. The average Bonchev–Trinajstić information content (AvgIpc) is 2.93. The van der Waals surface area contributed by atoms with Crippen LogP contribution in [-0.2, 0) is 6.54 Å². The molecule has 0 bridgehead atoms. The molecule has 0 aliphatic carbocycles. The molecule has 5 nitrogen and oxygen atoms in total. The normalized spacial score (nSPS) is 12.2. The van der Waals surface area contributed by atoms with Crippen molar-refractivity contribution in [2.75, 3.05) is 5.32 Å². The Kier molecular flexibility index (Phi) is 4.98. The fourth-order valence-electron chi connectivity index (χ4n) is 1.82. The molecule has 1 aromatic carbocycles. The molecular formula is C16H22N4O. The Hall–Kier alpha value is -2.30. The van der Waals surface area contributed by atoms with Gasteiger partial charge in [-0.2, -0.15) is 5.10 Å². The summed E-state index contributed by atoms with van der Waals surface area (Å²) in [5.41, 5.74) is 1.92. The van der Waals surface area contributed by atoms with Gasteiger partial charge in [0.2, 0.25) is 0 Å². The predicted molar refractivity (Wildman–Crippen MR) is 84.2 cm³/mol. The highest BCUT2D eigenvalue weighted by Gasteiger charge is 2.10. The van der Waals surface area contributed by atoms with Gasteiger partial charge in [0.15, 0.2) is 0 Å². The van der Waals surface area contributed by atoms with Crippen LogP contribution in [0.2, 0.25) is 0 Å². The monoisotopic (exact) mass is 286 g/mol. The molecular weight excluding hydrogens is 264 g/mol. The first-order valence-corrected chi connectivity index (χ1v) is 7.18. The van der Waals surface area contributed by atoms with Crippen molar-refractivity contribution in [2.24, 2.45) is 5.92 Å². The van der Waals surface area contributed by atoms with Crippen LogP contribution in [0, 0.1) is 5.92 Å². The highest BCUT2D eigenvalue weighted by molar-refractivity contribution is 5.89. The van der Waals surface area contributed by atoms with Crippen LogP contribution < -0.4 is 10.6 Å². The SMILES string of the molecule is CC(C)[C@H](C)NC(=O)Nc1ccc(Cn2cccn2)cc1. The van der Waals surface area contributed by atoms with E-state index in [0.717, 1.165) is 17.8 Å². The van der Waals surface area contributed by atoms with Gasteiger partial charge < -0.3 is 10.6 Å². The highest BCUT2D eigenvalue weighted by Crippen LogP contribution is 2.11. The van der Waals surface area contributed by atoms with Crippen molar-refractivity contribution >= 4 is 11.7 Å². The fourth-order valence-corrected chi connectivity index (χ4v) is 1.82. The van der Waals surface area contributed by atoms with E-state index in [1.54, 1.807) is 6.20 Å². The number of anilines is 1. The Morgan fingerprint density at radius 3 is 2.52 bits per heavy atom. The smallest absolute Gasteiger partial charge is 0.319 e. The number of nitrogens with one attached hydrogen (secondary N) is 2. The Morgan fingerprint density at radius 1 is 1.24 bits per heavy atom. The van der Waals surface area contributed by atoms with Crippen molar-refractivity contribution in [2.45, 2.75) is 33.4 Å². The third-order valence-electron chi connectivity index (χ3n) is 3.47. The van der Waals surface area contributed by atoms with Gasteiger partial charge in [-0.15, -0.1) is 0 Å². The summed E-state index contributed by atoms with van der Waals surface area (Å²) in [5, 5.41) is 9.92. The number of carbonyl (C=O) groups excluding carboxylic acids is 1. The number of carbonyl (C=O) groups is 1. The van der Waals surface area contributed by atoms with E-state index in [1.165, 1.54) is 0 Å². The average molecular weight is 286 g/mol. The summed E-state index contributed by atoms with van der Waals surface area (Å²) in [6.45, 7) is 6.88. The molecule has 21 heavy (non-hydrogen) atoms. The van der Waals surface area contributed by atoms with Crippen LogP contribution in [0.4, 0.5) is 10.5 Å². The third-order valence-corrected chi connectivity index (χ3v) is 3.47. The number of rotatable bonds is 5. The lowest BCUT2D eigenvalue weighted by Crippen LogP contribution is -2.38. The van der Waals surface area contributed by atoms with Crippen LogP contribution in [-0.4, -0.2) is 21.9 Å². The summed E-state index contributed by atoms with van der Waals surface area (Å²) < 4.78 is 1.86. The Labute approximate surface area is 125 Å². The predicted octanol–water partition coefficient (Wildman–Crippen LogP) is 3.10. The molecule has 0 saturated heterocycles. The van der Waals surface area contributed by atoms with Crippen LogP contribution in [0.25, 0.3) is 0 Å². The number of urea groups is 1. The van der Waals surface area contributed by atoms with Crippen LogP contribution in [0.5, 0.6) is 0 Å². The quantitative estimate of drug-likeness (QED) is 0.887. The summed E-state index contributed by atoms with van der Waals surface area (Å²) in [7, 11) is 0. The third kappa shape index (κ3) is 4.63. The van der Waals surface area contributed by atoms with Crippen molar-refractivity contribution in [3.8, 4) is 0 Å². The number of hydrogen-bond acceptors (Lipinski definition) is 2. The molecule has 5 heteroatoms. The van der Waals surface area contributed by atoms with E-state index in [0.29, 0.717) is 5.92 Å². The van der Waals surface area contributed by atoms with Gasteiger partial charge in [0.25, 0.3) is 0 Å². The zero-order chi connectivity index (χ0) is 15.2. The van der Waals surface area contributed by atoms with E-state index in [4.69, 9.17) is 0 Å². The molecule has 1 atom stereocenters. The molecule has 1 heterocycles. The van der Waals surface area contributed by atoms with Crippen molar-refractivity contribution in [1.82, 2.24) is 15.1 Å². The summed E-state index contributed by atoms with van der Waals surface area (Å²) in [4.78, 5) is 11.8. The summed E-state index contributed by atoms with van der Waals surface area (Å²) >= 11 is 0. The molecule has 0 spiro atoms. The molecule has 0 unspecified atom stereocenters. The largest absolute Gasteiger partial charge is 0.335 e. The lowest BCUT2D eigenvalue weighted by atomic mass is 10.1. The minimum absolute atomic E-state index is 0.143. The number of benzene rings is 1. The summed E-state index contributed by atoms with van der Waals surface area (Å²) in [5.74, 6) is 0.409. The second kappa shape index (κ2) is 6.92. The molecule has 0 saturated carbocycles. The van der Waals surface area contributed by atoms with Gasteiger partial charge in [-0.3, -0.25) is 4.68 Å². The van der Waals surface area contributed by atoms with E-state index >= 15 is 0 Å². The van der Waals surface area contributed by atoms with Gasteiger partial charge in [-0.25, -0.2) is 4.79 Å². The van der Waals surface area contributed by atoms with Crippen molar-refractivity contribution in [3.63, 3.8) is 0 Å². The molecule has 0 aliphatic rings. The standard InChI is InChI=1S/C16H22N4O/c1-12(2)13(3)18-16(21)19-15-7-5-14(6-8-15)11-20-10-4-9-17-20/h4-10,12-13H,11H2,1-3H3,(H2,18,19,21)/t13-/m0/s1. The van der Waals surface area contributed by atoms with Crippen LogP contribution >= 0.6 is 0 Å². The molecule has 2 N–H and O–H groups in total. The molecule has 0 radical (unpaired) electrons. The van der Waals surface area contributed by atoms with Gasteiger partial charge in [0.1, 0.15) is 0 Å². The van der Waals surface area contributed by atoms with Gasteiger partial charge in [-0.1, -0.05) is 26.0 Å². The van der Waals surface area contributed by atoms with Gasteiger partial charge >= 0.3 is 6.03 Å². The summed E-state index contributed by atoms with van der Waals surface area (Å²) in [6.07, 6.45) is 3.68. The van der Waals surface area contributed by atoms with Crippen molar-refractivity contribution in [3.05, 3.63) is 48.3 Å². The van der Waals surface area contributed by atoms with Crippen LogP contribution in [0.15, 0.2) is 42.7 Å². The van der Waals surface area contributed by atoms with Gasteiger partial charge in [0.05, 0.1) is 6.54 Å². The number of nitrogens with zero attached hydrogens (tertiary/aromatic N) is 2. The maximum absolute atomic E-state index is 11.8. The fraction of sp³-hybridized carbons (Fsp3) is 0.375. The Morgan fingerprint density at radius 2 is 1.95 bits per heavy atom. The molecule has 2 aromatic rings. The van der Waals surface area contributed by atoms with E-state index < -0.39 is 0 Å². The first-order chi connectivity index (χ1) is 10.0. The maximum atomic E-state index is 11.8. The zero-order valence-electron chi connectivity index (χ0n) is 12.7. The maximum Gasteiger partial charge on any atom is 0.319 e. The van der Waals surface area contributed by atoms with E-state index in [2.05, 4.69) is 29.6 Å². The van der Waals surface area contributed by atoms with Crippen molar-refractivity contribution in [1.29, 1.82) is 0 Å². The topological polar surface area (TPSA) is 59.0 Å². The van der Waals surface area contributed by atoms with Crippen molar-refractivity contribution < 1.29 is 4.79 Å². The second-order valence-electron chi connectivity index (χ2n) is 5.53. The Balaban J connectivity index is 1.88. The minimum atomic E-state index is -0.170. The molecule has 2 amide bonds. The van der Waals surface area contributed by atoms with Crippen LogP contribution in [0.1, 0.15) is 26.3 Å². The molecule has 1 aromatic heterocycles. The number of aromatic nitrogens is 2. The first-order valence-electron chi connectivity index (χ1n) is 7.18. The summed E-state index contributed by atoms with van der Waals surface area (Å²) in [6, 6.07) is 9.65. The highest BCUT2D eigenvalue weighted by atomic mass is 16.2. The Bertz CT molecular complexity index is 560. The van der Waals surface area contributed by atoms with Gasteiger partial charge in [-0.05, 0) is 36.6 Å². The second-order valence-corrected chi connectivity index (χ2v) is 5.53.